The molecule has 2 heterocycles. The Morgan fingerprint density at radius 3 is 2.77 bits per heavy atom. The van der Waals surface area contributed by atoms with Crippen LogP contribution in [0.2, 0.25) is 0 Å². The Balaban J connectivity index is 1.38. The molecule has 1 saturated carbocycles. The van der Waals surface area contributed by atoms with Gasteiger partial charge in [-0.25, -0.2) is 0 Å². The minimum atomic E-state index is -0.167. The first-order valence-electron chi connectivity index (χ1n) is 9.16. The van der Waals surface area contributed by atoms with Crippen molar-refractivity contribution in [2.75, 3.05) is 13.1 Å². The number of amides is 2. The van der Waals surface area contributed by atoms with Crippen LogP contribution < -0.4 is 5.32 Å². The lowest BCUT2D eigenvalue weighted by atomic mass is 10.1. The van der Waals surface area contributed by atoms with E-state index in [2.05, 4.69) is 15.5 Å². The van der Waals surface area contributed by atoms with Crippen molar-refractivity contribution in [2.45, 2.75) is 44.6 Å². The SMILES string of the molecule is CCCN1CC(NC(=O)c2ccc(-c3noc(C4CC4)n3)cc2)CC1=O. The van der Waals surface area contributed by atoms with E-state index in [9.17, 15) is 9.59 Å². The van der Waals surface area contributed by atoms with Gasteiger partial charge in [-0.05, 0) is 31.4 Å². The van der Waals surface area contributed by atoms with Crippen molar-refractivity contribution >= 4 is 11.8 Å². The quantitative estimate of drug-likeness (QED) is 0.860. The number of rotatable bonds is 6. The molecule has 1 unspecified atom stereocenters. The molecular weight excluding hydrogens is 332 g/mol. The molecule has 0 bridgehead atoms. The first-order chi connectivity index (χ1) is 12.6. The summed E-state index contributed by atoms with van der Waals surface area (Å²) in [6.07, 6.45) is 3.52. The lowest BCUT2D eigenvalue weighted by Gasteiger charge is -2.16. The zero-order valence-corrected chi connectivity index (χ0v) is 14.8. The Kier molecular flexibility index (Phi) is 4.44. The molecule has 4 rings (SSSR count). The Labute approximate surface area is 151 Å². The van der Waals surface area contributed by atoms with Gasteiger partial charge in [0.2, 0.25) is 17.6 Å². The van der Waals surface area contributed by atoms with E-state index in [1.807, 2.05) is 24.0 Å². The molecular formula is C19H22N4O3. The Morgan fingerprint density at radius 2 is 2.08 bits per heavy atom. The second-order valence-electron chi connectivity index (χ2n) is 7.02. The maximum absolute atomic E-state index is 12.4. The average Bonchev–Trinajstić information content (AvgIpc) is 3.27. The van der Waals surface area contributed by atoms with Crippen molar-refractivity contribution < 1.29 is 14.1 Å². The van der Waals surface area contributed by atoms with Gasteiger partial charge in [0.25, 0.3) is 5.91 Å². The second kappa shape index (κ2) is 6.90. The van der Waals surface area contributed by atoms with E-state index in [4.69, 9.17) is 4.52 Å². The van der Waals surface area contributed by atoms with Crippen molar-refractivity contribution in [1.82, 2.24) is 20.4 Å². The van der Waals surface area contributed by atoms with Gasteiger partial charge in [-0.2, -0.15) is 4.98 Å². The number of likely N-dealkylation sites (tertiary alicyclic amines) is 1. The summed E-state index contributed by atoms with van der Waals surface area (Å²) in [6, 6.07) is 7.01. The smallest absolute Gasteiger partial charge is 0.251 e. The molecule has 1 aliphatic heterocycles. The van der Waals surface area contributed by atoms with E-state index in [1.165, 1.54) is 0 Å². The van der Waals surface area contributed by atoms with Gasteiger partial charge < -0.3 is 14.7 Å². The van der Waals surface area contributed by atoms with Crippen molar-refractivity contribution in [2.24, 2.45) is 0 Å². The van der Waals surface area contributed by atoms with Gasteiger partial charge in [0, 0.05) is 36.6 Å². The van der Waals surface area contributed by atoms with Crippen molar-refractivity contribution in [1.29, 1.82) is 0 Å². The molecule has 2 amide bonds. The van der Waals surface area contributed by atoms with Gasteiger partial charge in [0.15, 0.2) is 0 Å². The third kappa shape index (κ3) is 3.47. The second-order valence-corrected chi connectivity index (χ2v) is 7.02. The first-order valence-corrected chi connectivity index (χ1v) is 9.16. The molecule has 2 aromatic rings. The van der Waals surface area contributed by atoms with Crippen molar-refractivity contribution in [3.8, 4) is 11.4 Å². The number of nitrogens with one attached hydrogen (secondary N) is 1. The number of hydrogen-bond acceptors (Lipinski definition) is 5. The summed E-state index contributed by atoms with van der Waals surface area (Å²) in [4.78, 5) is 30.6. The summed E-state index contributed by atoms with van der Waals surface area (Å²) in [5, 5.41) is 6.96. The molecule has 1 atom stereocenters. The highest BCUT2D eigenvalue weighted by atomic mass is 16.5. The minimum absolute atomic E-state index is 0.107. The summed E-state index contributed by atoms with van der Waals surface area (Å²) >= 11 is 0. The normalized spacial score (nSPS) is 19.8. The van der Waals surface area contributed by atoms with Crippen LogP contribution in [0.3, 0.4) is 0 Å². The molecule has 2 fully saturated rings. The predicted octanol–water partition coefficient (Wildman–Crippen LogP) is 2.35. The standard InChI is InChI=1S/C19H22N4O3/c1-2-9-23-11-15(10-16(23)24)20-18(25)13-5-3-12(4-6-13)17-21-19(26-22-17)14-7-8-14/h3-6,14-15H,2,7-11H2,1H3,(H,20,25). The highest BCUT2D eigenvalue weighted by Crippen LogP contribution is 2.39. The van der Waals surface area contributed by atoms with Crippen LogP contribution in [-0.2, 0) is 4.79 Å². The van der Waals surface area contributed by atoms with E-state index in [0.717, 1.165) is 31.4 Å². The maximum atomic E-state index is 12.4. The minimum Gasteiger partial charge on any atom is -0.347 e. The summed E-state index contributed by atoms with van der Waals surface area (Å²) in [5.74, 6) is 1.61. The zero-order valence-electron chi connectivity index (χ0n) is 14.8. The van der Waals surface area contributed by atoms with Crippen LogP contribution in [0.4, 0.5) is 0 Å². The van der Waals surface area contributed by atoms with Crippen LogP contribution in [0.25, 0.3) is 11.4 Å². The van der Waals surface area contributed by atoms with E-state index < -0.39 is 0 Å². The van der Waals surface area contributed by atoms with Crippen LogP contribution in [0.15, 0.2) is 28.8 Å². The zero-order chi connectivity index (χ0) is 18.1. The molecule has 1 aromatic heterocycles. The topological polar surface area (TPSA) is 88.3 Å². The lowest BCUT2D eigenvalue weighted by Crippen LogP contribution is -2.37. The third-order valence-electron chi connectivity index (χ3n) is 4.82. The Bertz CT molecular complexity index is 810. The first kappa shape index (κ1) is 16.8. The van der Waals surface area contributed by atoms with Crippen LogP contribution in [0.1, 0.15) is 54.8 Å². The van der Waals surface area contributed by atoms with Crippen LogP contribution >= 0.6 is 0 Å². The van der Waals surface area contributed by atoms with Crippen LogP contribution in [-0.4, -0.2) is 46.0 Å². The number of nitrogens with zero attached hydrogens (tertiary/aromatic N) is 3. The fourth-order valence-corrected chi connectivity index (χ4v) is 3.24. The Morgan fingerprint density at radius 1 is 1.31 bits per heavy atom. The number of aromatic nitrogens is 2. The molecule has 26 heavy (non-hydrogen) atoms. The average molecular weight is 354 g/mol. The van der Waals surface area contributed by atoms with Crippen molar-refractivity contribution in [3.05, 3.63) is 35.7 Å². The number of carbonyl (C=O) groups excluding carboxylic acids is 2. The van der Waals surface area contributed by atoms with Gasteiger partial charge >= 0.3 is 0 Å². The third-order valence-corrected chi connectivity index (χ3v) is 4.82. The summed E-state index contributed by atoms with van der Waals surface area (Å²) < 4.78 is 5.27. The van der Waals surface area contributed by atoms with Gasteiger partial charge in [-0.1, -0.05) is 24.2 Å². The molecule has 0 radical (unpaired) electrons. The molecule has 7 heteroatoms. The van der Waals surface area contributed by atoms with Gasteiger partial charge in [-0.3, -0.25) is 9.59 Å². The lowest BCUT2D eigenvalue weighted by molar-refractivity contribution is -0.127. The molecule has 136 valence electrons. The molecule has 1 aliphatic carbocycles. The molecule has 7 nitrogen and oxygen atoms in total. The van der Waals surface area contributed by atoms with Crippen LogP contribution in [0.5, 0.6) is 0 Å². The van der Waals surface area contributed by atoms with Crippen molar-refractivity contribution in [3.63, 3.8) is 0 Å². The van der Waals surface area contributed by atoms with Gasteiger partial charge in [0.1, 0.15) is 0 Å². The molecule has 0 spiro atoms. The van der Waals surface area contributed by atoms with Gasteiger partial charge in [0.05, 0.1) is 6.04 Å². The maximum Gasteiger partial charge on any atom is 0.251 e. The fraction of sp³-hybridized carbons (Fsp3) is 0.474. The molecule has 1 saturated heterocycles. The molecule has 1 aromatic carbocycles. The predicted molar refractivity (Wildman–Crippen MR) is 94.5 cm³/mol. The number of benzene rings is 1. The summed E-state index contributed by atoms with van der Waals surface area (Å²) in [5.41, 5.74) is 1.38. The number of hydrogen-bond donors (Lipinski definition) is 1. The van der Waals surface area contributed by atoms with E-state index in [0.29, 0.717) is 36.2 Å². The van der Waals surface area contributed by atoms with E-state index in [-0.39, 0.29) is 17.9 Å². The fourth-order valence-electron chi connectivity index (χ4n) is 3.24. The highest BCUT2D eigenvalue weighted by molar-refractivity contribution is 5.95. The number of carbonyl (C=O) groups is 2. The monoisotopic (exact) mass is 354 g/mol. The highest BCUT2D eigenvalue weighted by Gasteiger charge is 2.31. The summed E-state index contributed by atoms with van der Waals surface area (Å²) in [6.45, 7) is 3.37. The summed E-state index contributed by atoms with van der Waals surface area (Å²) in [7, 11) is 0. The van der Waals surface area contributed by atoms with E-state index >= 15 is 0 Å². The molecule has 1 N–H and O–H groups in total. The largest absolute Gasteiger partial charge is 0.347 e. The van der Waals surface area contributed by atoms with Gasteiger partial charge in [-0.15, -0.1) is 0 Å². The molecule has 2 aliphatic rings. The Hall–Kier alpha value is -2.70. The van der Waals surface area contributed by atoms with E-state index in [1.54, 1.807) is 12.1 Å². The van der Waals surface area contributed by atoms with Crippen LogP contribution in [0, 0.1) is 0 Å².